The van der Waals surface area contributed by atoms with Gasteiger partial charge in [-0.3, -0.25) is 0 Å². The van der Waals surface area contributed by atoms with Crippen LogP contribution < -0.4 is 4.90 Å². The van der Waals surface area contributed by atoms with E-state index in [2.05, 4.69) is 23.7 Å². The van der Waals surface area contributed by atoms with Gasteiger partial charge in [0.2, 0.25) is 0 Å². The molecular weight excluding hydrogens is 248 g/mol. The average Bonchev–Trinajstić information content (AvgIpc) is 2.82. The summed E-state index contributed by atoms with van der Waals surface area (Å²) in [6.45, 7) is 8.83. The third-order valence-electron chi connectivity index (χ3n) is 3.58. The van der Waals surface area contributed by atoms with Gasteiger partial charge >= 0.3 is 5.97 Å². The SMILES string of the molecule is CCOC(=O)c1csc(N2CCC(C)C(C)C2)n1. The lowest BCUT2D eigenvalue weighted by Crippen LogP contribution is -2.38. The molecule has 18 heavy (non-hydrogen) atoms. The molecule has 2 rings (SSSR count). The Hall–Kier alpha value is -1.10. The van der Waals surface area contributed by atoms with E-state index in [1.807, 2.05) is 0 Å². The van der Waals surface area contributed by atoms with E-state index in [-0.39, 0.29) is 5.97 Å². The lowest BCUT2D eigenvalue weighted by Gasteiger charge is -2.35. The van der Waals surface area contributed by atoms with Crippen molar-refractivity contribution in [3.63, 3.8) is 0 Å². The van der Waals surface area contributed by atoms with Crippen LogP contribution in [0.15, 0.2) is 5.38 Å². The Morgan fingerprint density at radius 2 is 2.33 bits per heavy atom. The van der Waals surface area contributed by atoms with Crippen molar-refractivity contribution in [2.45, 2.75) is 27.2 Å². The fourth-order valence-corrected chi connectivity index (χ4v) is 2.98. The molecule has 0 aliphatic carbocycles. The molecule has 2 heterocycles. The standard InChI is InChI=1S/C13H20N2O2S/c1-4-17-12(16)11-8-18-13(14-11)15-6-5-9(2)10(3)7-15/h8-10H,4-7H2,1-3H3. The Labute approximate surface area is 112 Å². The van der Waals surface area contributed by atoms with Gasteiger partial charge in [-0.1, -0.05) is 13.8 Å². The molecule has 1 saturated heterocycles. The summed E-state index contributed by atoms with van der Waals surface area (Å²) in [5.41, 5.74) is 0.433. The highest BCUT2D eigenvalue weighted by Crippen LogP contribution is 2.29. The van der Waals surface area contributed by atoms with Crippen LogP contribution >= 0.6 is 11.3 Å². The highest BCUT2D eigenvalue weighted by molar-refractivity contribution is 7.13. The minimum Gasteiger partial charge on any atom is -0.461 e. The summed E-state index contributed by atoms with van der Waals surface area (Å²) in [6, 6.07) is 0. The van der Waals surface area contributed by atoms with E-state index in [1.54, 1.807) is 12.3 Å². The van der Waals surface area contributed by atoms with Crippen LogP contribution in [0.1, 0.15) is 37.7 Å². The molecule has 1 aromatic rings. The summed E-state index contributed by atoms with van der Waals surface area (Å²) < 4.78 is 4.95. The molecule has 1 aromatic heterocycles. The molecule has 4 nitrogen and oxygen atoms in total. The van der Waals surface area contributed by atoms with Gasteiger partial charge in [-0.25, -0.2) is 9.78 Å². The van der Waals surface area contributed by atoms with Crippen molar-refractivity contribution in [1.82, 2.24) is 4.98 Å². The number of hydrogen-bond donors (Lipinski definition) is 0. The summed E-state index contributed by atoms with van der Waals surface area (Å²) in [4.78, 5) is 18.2. The molecule has 5 heteroatoms. The van der Waals surface area contributed by atoms with Crippen LogP contribution in [-0.4, -0.2) is 30.6 Å². The smallest absolute Gasteiger partial charge is 0.357 e. The molecule has 100 valence electrons. The Morgan fingerprint density at radius 3 is 3.00 bits per heavy atom. The third-order valence-corrected chi connectivity index (χ3v) is 4.48. The number of rotatable bonds is 3. The molecular formula is C13H20N2O2S. The Bertz CT molecular complexity index is 419. The Kier molecular flexibility index (Phi) is 4.22. The number of carbonyl (C=O) groups is 1. The van der Waals surface area contributed by atoms with Gasteiger partial charge in [-0.2, -0.15) is 0 Å². The minimum atomic E-state index is -0.321. The molecule has 2 unspecified atom stereocenters. The van der Waals surface area contributed by atoms with Gasteiger partial charge in [0.1, 0.15) is 0 Å². The first-order valence-electron chi connectivity index (χ1n) is 6.49. The number of carbonyl (C=O) groups excluding carboxylic acids is 1. The van der Waals surface area contributed by atoms with Crippen molar-refractivity contribution in [1.29, 1.82) is 0 Å². The van der Waals surface area contributed by atoms with Crippen molar-refractivity contribution in [2.24, 2.45) is 11.8 Å². The first kappa shape index (κ1) is 13.3. The molecule has 0 saturated carbocycles. The summed E-state index contributed by atoms with van der Waals surface area (Å²) in [5.74, 6) is 1.12. The van der Waals surface area contributed by atoms with Gasteiger partial charge in [-0.15, -0.1) is 11.3 Å². The van der Waals surface area contributed by atoms with Crippen LogP contribution in [0, 0.1) is 11.8 Å². The molecule has 1 aliphatic heterocycles. The highest BCUT2D eigenvalue weighted by Gasteiger charge is 2.25. The maximum Gasteiger partial charge on any atom is 0.357 e. The second-order valence-electron chi connectivity index (χ2n) is 4.93. The molecule has 0 bridgehead atoms. The van der Waals surface area contributed by atoms with Crippen LogP contribution in [0.3, 0.4) is 0 Å². The lowest BCUT2D eigenvalue weighted by atomic mass is 9.89. The van der Waals surface area contributed by atoms with Gasteiger partial charge in [0.25, 0.3) is 0 Å². The van der Waals surface area contributed by atoms with Crippen LogP contribution in [0.2, 0.25) is 0 Å². The molecule has 0 N–H and O–H groups in total. The fourth-order valence-electron chi connectivity index (χ4n) is 2.14. The minimum absolute atomic E-state index is 0.321. The largest absolute Gasteiger partial charge is 0.461 e. The van der Waals surface area contributed by atoms with Crippen molar-refractivity contribution in [3.8, 4) is 0 Å². The van der Waals surface area contributed by atoms with E-state index >= 15 is 0 Å². The van der Waals surface area contributed by atoms with Gasteiger partial charge in [0, 0.05) is 18.5 Å². The number of ether oxygens (including phenoxy) is 1. The second-order valence-corrected chi connectivity index (χ2v) is 5.76. The lowest BCUT2D eigenvalue weighted by molar-refractivity contribution is 0.0520. The normalized spacial score (nSPS) is 24.1. The number of piperidine rings is 1. The van der Waals surface area contributed by atoms with E-state index in [0.717, 1.165) is 24.1 Å². The molecule has 1 fully saturated rings. The maximum atomic E-state index is 11.6. The van der Waals surface area contributed by atoms with E-state index in [4.69, 9.17) is 4.74 Å². The Balaban J connectivity index is 2.04. The molecule has 0 aromatic carbocycles. The van der Waals surface area contributed by atoms with Gasteiger partial charge in [0.05, 0.1) is 6.61 Å². The Morgan fingerprint density at radius 1 is 1.56 bits per heavy atom. The predicted molar refractivity (Wildman–Crippen MR) is 73.2 cm³/mol. The van der Waals surface area contributed by atoms with E-state index in [1.165, 1.54) is 17.8 Å². The maximum absolute atomic E-state index is 11.6. The fraction of sp³-hybridized carbons (Fsp3) is 0.692. The highest BCUT2D eigenvalue weighted by atomic mass is 32.1. The molecule has 0 spiro atoms. The number of nitrogens with zero attached hydrogens (tertiary/aromatic N) is 2. The molecule has 2 atom stereocenters. The van der Waals surface area contributed by atoms with Gasteiger partial charge < -0.3 is 9.64 Å². The zero-order chi connectivity index (χ0) is 13.1. The number of thiazole rings is 1. The zero-order valence-corrected chi connectivity index (χ0v) is 12.0. The quantitative estimate of drug-likeness (QED) is 0.791. The van der Waals surface area contributed by atoms with Crippen LogP contribution in [0.25, 0.3) is 0 Å². The third kappa shape index (κ3) is 2.83. The van der Waals surface area contributed by atoms with Crippen molar-refractivity contribution < 1.29 is 9.53 Å². The molecule has 0 amide bonds. The average molecular weight is 268 g/mol. The van der Waals surface area contributed by atoms with Gasteiger partial charge in [0.15, 0.2) is 10.8 Å². The summed E-state index contributed by atoms with van der Waals surface area (Å²) in [5, 5.41) is 2.73. The van der Waals surface area contributed by atoms with Crippen LogP contribution in [0.5, 0.6) is 0 Å². The molecule has 0 radical (unpaired) electrons. The number of anilines is 1. The van der Waals surface area contributed by atoms with Crippen LogP contribution in [-0.2, 0) is 4.74 Å². The summed E-state index contributed by atoms with van der Waals surface area (Å²) in [7, 11) is 0. The van der Waals surface area contributed by atoms with Gasteiger partial charge in [-0.05, 0) is 25.2 Å². The zero-order valence-electron chi connectivity index (χ0n) is 11.2. The number of esters is 1. The first-order chi connectivity index (χ1) is 8.61. The summed E-state index contributed by atoms with van der Waals surface area (Å²) >= 11 is 1.53. The van der Waals surface area contributed by atoms with Crippen molar-refractivity contribution in [2.75, 3.05) is 24.6 Å². The van der Waals surface area contributed by atoms with E-state index < -0.39 is 0 Å². The van der Waals surface area contributed by atoms with E-state index in [0.29, 0.717) is 18.2 Å². The van der Waals surface area contributed by atoms with Crippen molar-refractivity contribution in [3.05, 3.63) is 11.1 Å². The van der Waals surface area contributed by atoms with Crippen molar-refractivity contribution >= 4 is 22.4 Å². The number of aromatic nitrogens is 1. The van der Waals surface area contributed by atoms with Crippen LogP contribution in [0.4, 0.5) is 5.13 Å². The van der Waals surface area contributed by atoms with E-state index in [9.17, 15) is 4.79 Å². The first-order valence-corrected chi connectivity index (χ1v) is 7.37. The topological polar surface area (TPSA) is 42.4 Å². The number of hydrogen-bond acceptors (Lipinski definition) is 5. The monoisotopic (exact) mass is 268 g/mol. The predicted octanol–water partition coefficient (Wildman–Crippen LogP) is 2.80. The molecule has 1 aliphatic rings. The second kappa shape index (κ2) is 5.69. The summed E-state index contributed by atoms with van der Waals surface area (Å²) in [6.07, 6.45) is 1.19.